The van der Waals surface area contributed by atoms with Crippen LogP contribution in [0.25, 0.3) is 0 Å². The Balaban J connectivity index is 5.16. The molecule has 0 radical (unpaired) electrons. The number of rotatable bonds is 68. The van der Waals surface area contributed by atoms with Crippen LogP contribution in [0.2, 0.25) is 0 Å². The van der Waals surface area contributed by atoms with Gasteiger partial charge >= 0.3 is 39.5 Å². The number of hydrogen-bond acceptors (Lipinski definition) is 15. The molecule has 0 aliphatic rings. The monoisotopic (exact) mass is 1280 g/mol. The van der Waals surface area contributed by atoms with Crippen molar-refractivity contribution in [3.63, 3.8) is 0 Å². The molecular formula is C68H132O17P2. The molecule has 0 fully saturated rings. The Kier molecular flexibility index (Phi) is 60.2. The van der Waals surface area contributed by atoms with Gasteiger partial charge in [0.25, 0.3) is 0 Å². The van der Waals surface area contributed by atoms with Crippen LogP contribution in [-0.4, -0.2) is 96.7 Å². The summed E-state index contributed by atoms with van der Waals surface area (Å²) >= 11 is 0. The average Bonchev–Trinajstić information content (AvgIpc) is 3.66. The Morgan fingerprint density at radius 3 is 0.782 bits per heavy atom. The largest absolute Gasteiger partial charge is 0.472 e. The van der Waals surface area contributed by atoms with Gasteiger partial charge in [-0.2, -0.15) is 0 Å². The maximum absolute atomic E-state index is 13.0. The summed E-state index contributed by atoms with van der Waals surface area (Å²) in [7, 11) is -9.89. The summed E-state index contributed by atoms with van der Waals surface area (Å²) in [5.74, 6) is -1.42. The van der Waals surface area contributed by atoms with E-state index in [0.29, 0.717) is 25.7 Å². The van der Waals surface area contributed by atoms with Gasteiger partial charge in [-0.1, -0.05) is 298 Å². The number of aliphatic hydroxyl groups excluding tert-OH is 1. The highest BCUT2D eigenvalue weighted by Crippen LogP contribution is 2.45. The molecule has 0 amide bonds. The van der Waals surface area contributed by atoms with Gasteiger partial charge in [0, 0.05) is 25.7 Å². The second-order valence-electron chi connectivity index (χ2n) is 25.0. The summed E-state index contributed by atoms with van der Waals surface area (Å²) in [6.07, 6.45) is 47.6. The molecule has 5 atom stereocenters. The van der Waals surface area contributed by atoms with E-state index in [-0.39, 0.29) is 25.7 Å². The van der Waals surface area contributed by atoms with E-state index >= 15 is 0 Å². The molecule has 0 aromatic heterocycles. The first kappa shape index (κ1) is 85.1. The molecule has 0 saturated carbocycles. The normalized spacial score (nSPS) is 14.1. The van der Waals surface area contributed by atoms with E-state index in [2.05, 4.69) is 34.6 Å². The van der Waals surface area contributed by atoms with Crippen molar-refractivity contribution in [2.45, 2.75) is 368 Å². The number of carbonyl (C=O) groups is 4. The van der Waals surface area contributed by atoms with Crippen molar-refractivity contribution in [1.29, 1.82) is 0 Å². The van der Waals surface area contributed by atoms with E-state index in [4.69, 9.17) is 37.0 Å². The molecule has 0 spiro atoms. The number of phosphoric acid groups is 2. The molecule has 2 unspecified atom stereocenters. The smallest absolute Gasteiger partial charge is 0.462 e. The van der Waals surface area contributed by atoms with Crippen LogP contribution in [0.4, 0.5) is 0 Å². The van der Waals surface area contributed by atoms with Crippen molar-refractivity contribution in [3.05, 3.63) is 0 Å². The Morgan fingerprint density at radius 2 is 0.529 bits per heavy atom. The van der Waals surface area contributed by atoms with Crippen molar-refractivity contribution in [2.75, 3.05) is 39.6 Å². The lowest BCUT2D eigenvalue weighted by Crippen LogP contribution is -2.30. The fraction of sp³-hybridized carbons (Fsp3) is 0.941. The molecule has 0 aromatic carbocycles. The second kappa shape index (κ2) is 61.6. The summed E-state index contributed by atoms with van der Waals surface area (Å²) in [4.78, 5) is 72.2. The summed E-state index contributed by atoms with van der Waals surface area (Å²) in [6.45, 7) is 7.11. The van der Waals surface area contributed by atoms with Crippen LogP contribution in [0, 0.1) is 5.92 Å². The van der Waals surface area contributed by atoms with Gasteiger partial charge in [-0.05, 0) is 31.6 Å². The number of esters is 4. The average molecular weight is 1280 g/mol. The van der Waals surface area contributed by atoms with Gasteiger partial charge < -0.3 is 33.8 Å². The molecule has 0 aliphatic heterocycles. The topological polar surface area (TPSA) is 237 Å². The van der Waals surface area contributed by atoms with Gasteiger partial charge in [0.1, 0.15) is 19.3 Å². The summed E-state index contributed by atoms with van der Waals surface area (Å²) in [5, 5.41) is 10.5. The maximum atomic E-state index is 13.0. The van der Waals surface area contributed by atoms with Gasteiger partial charge in [-0.25, -0.2) is 9.13 Å². The van der Waals surface area contributed by atoms with E-state index in [1.807, 2.05) is 0 Å². The number of ether oxygens (including phenoxy) is 4. The zero-order valence-electron chi connectivity index (χ0n) is 56.2. The minimum Gasteiger partial charge on any atom is -0.462 e. The summed E-state index contributed by atoms with van der Waals surface area (Å²) in [5.41, 5.74) is 0. The standard InChI is InChI=1S/C68H132O17P2/c1-6-9-12-15-17-19-21-23-25-26-27-29-31-33-38-43-48-53-67(72)85-64(58-79-66(71)52-47-42-37-32-30-28-24-22-20-18-16-13-10-7-2)60-83-87(76,77)81-56-62(69)55-80-86(74,75)82-59-63(57-78-65(70)51-46-40-14-11-8-3)84-68(73)54-49-44-39-35-34-36-41-45-50-61(4)5/h61-64,69H,6-60H2,1-5H3,(H,74,75)(H,76,77)/t62-,63+,64+/m0/s1. The molecule has 0 heterocycles. The third-order valence-corrected chi connectivity index (χ3v) is 17.7. The molecular weight excluding hydrogens is 1150 g/mol. The van der Waals surface area contributed by atoms with Gasteiger partial charge in [0.05, 0.1) is 26.4 Å². The Bertz CT molecular complexity index is 1690. The highest BCUT2D eigenvalue weighted by atomic mass is 31.2. The van der Waals surface area contributed by atoms with Crippen LogP contribution in [-0.2, 0) is 65.4 Å². The minimum atomic E-state index is -4.95. The maximum Gasteiger partial charge on any atom is 0.472 e. The van der Waals surface area contributed by atoms with E-state index in [9.17, 15) is 43.2 Å². The fourth-order valence-electron chi connectivity index (χ4n) is 10.3. The van der Waals surface area contributed by atoms with Crippen molar-refractivity contribution in [3.8, 4) is 0 Å². The van der Waals surface area contributed by atoms with E-state index in [0.717, 1.165) is 102 Å². The molecule has 0 aromatic rings. The van der Waals surface area contributed by atoms with Crippen LogP contribution >= 0.6 is 15.6 Å². The lowest BCUT2D eigenvalue weighted by Gasteiger charge is -2.21. The van der Waals surface area contributed by atoms with Crippen LogP contribution in [0.1, 0.15) is 349 Å². The third kappa shape index (κ3) is 62.6. The van der Waals surface area contributed by atoms with Crippen molar-refractivity contribution in [1.82, 2.24) is 0 Å². The van der Waals surface area contributed by atoms with Crippen molar-refractivity contribution in [2.24, 2.45) is 5.92 Å². The van der Waals surface area contributed by atoms with Gasteiger partial charge in [0.2, 0.25) is 0 Å². The second-order valence-corrected chi connectivity index (χ2v) is 27.9. The summed E-state index contributed by atoms with van der Waals surface area (Å²) in [6, 6.07) is 0. The first-order chi connectivity index (χ1) is 42.0. The molecule has 0 bridgehead atoms. The van der Waals surface area contributed by atoms with Crippen LogP contribution in [0.15, 0.2) is 0 Å². The number of aliphatic hydroxyl groups is 1. The highest BCUT2D eigenvalue weighted by molar-refractivity contribution is 7.47. The van der Waals surface area contributed by atoms with Crippen LogP contribution in [0.5, 0.6) is 0 Å². The molecule has 516 valence electrons. The van der Waals surface area contributed by atoms with E-state index in [1.165, 1.54) is 167 Å². The number of unbranched alkanes of at least 4 members (excludes halogenated alkanes) is 40. The molecule has 17 nitrogen and oxygen atoms in total. The van der Waals surface area contributed by atoms with Gasteiger partial charge in [0.15, 0.2) is 12.2 Å². The lowest BCUT2D eigenvalue weighted by atomic mass is 10.0. The van der Waals surface area contributed by atoms with Crippen molar-refractivity contribution >= 4 is 39.5 Å². The molecule has 3 N–H and O–H groups in total. The third-order valence-electron chi connectivity index (χ3n) is 15.8. The predicted molar refractivity (Wildman–Crippen MR) is 349 cm³/mol. The van der Waals surface area contributed by atoms with Gasteiger partial charge in [-0.15, -0.1) is 0 Å². The summed E-state index contributed by atoms with van der Waals surface area (Å²) < 4.78 is 68.0. The Labute approximate surface area is 530 Å². The number of carbonyl (C=O) groups excluding carboxylic acids is 4. The zero-order valence-corrected chi connectivity index (χ0v) is 57.9. The number of hydrogen-bond donors (Lipinski definition) is 3. The Hall–Kier alpha value is -1.94. The SMILES string of the molecule is CCCCCCCCCCCCCCCCCCCC(=O)O[C@H](COC(=O)CCCCCCCCCCCCCCCC)COP(=O)(O)OC[C@@H](O)COP(=O)(O)OC[C@@H](COC(=O)CCCCCCC)OC(=O)CCCCCCCCCCC(C)C. The van der Waals surface area contributed by atoms with Gasteiger partial charge in [-0.3, -0.25) is 37.3 Å². The first-order valence-corrected chi connectivity index (χ1v) is 38.6. The zero-order chi connectivity index (χ0) is 64.2. The molecule has 0 aliphatic carbocycles. The first-order valence-electron chi connectivity index (χ1n) is 35.6. The predicted octanol–water partition coefficient (Wildman–Crippen LogP) is 19.4. The quantitative estimate of drug-likeness (QED) is 0.0222. The lowest BCUT2D eigenvalue weighted by molar-refractivity contribution is -0.161. The molecule has 87 heavy (non-hydrogen) atoms. The molecule has 19 heteroatoms. The van der Waals surface area contributed by atoms with Crippen LogP contribution in [0.3, 0.4) is 0 Å². The van der Waals surface area contributed by atoms with E-state index in [1.54, 1.807) is 0 Å². The molecule has 0 rings (SSSR count). The highest BCUT2D eigenvalue weighted by Gasteiger charge is 2.30. The fourth-order valence-corrected chi connectivity index (χ4v) is 11.9. The van der Waals surface area contributed by atoms with E-state index < -0.39 is 97.5 Å². The number of phosphoric ester groups is 2. The molecule has 0 saturated heterocycles. The van der Waals surface area contributed by atoms with Crippen LogP contribution < -0.4 is 0 Å². The Morgan fingerprint density at radius 1 is 0.310 bits per heavy atom. The van der Waals surface area contributed by atoms with Crippen molar-refractivity contribution < 1.29 is 80.2 Å². The minimum absolute atomic E-state index is 0.104.